The van der Waals surface area contributed by atoms with Gasteiger partial charge in [0.2, 0.25) is 0 Å². The van der Waals surface area contributed by atoms with Gasteiger partial charge in [0, 0.05) is 22.4 Å². The molecule has 0 saturated heterocycles. The molecule has 0 aliphatic rings. The predicted octanol–water partition coefficient (Wildman–Crippen LogP) is 5.24. The van der Waals surface area contributed by atoms with Crippen molar-refractivity contribution in [1.82, 2.24) is 0 Å². The van der Waals surface area contributed by atoms with Crippen LogP contribution in [-0.4, -0.2) is 33.4 Å². The molecule has 4 aromatic rings. The van der Waals surface area contributed by atoms with Crippen molar-refractivity contribution in [2.24, 2.45) is 0 Å². The molecule has 0 aliphatic heterocycles. The minimum atomic E-state index is -2.71. The van der Waals surface area contributed by atoms with E-state index in [1.807, 2.05) is 6.07 Å². The summed E-state index contributed by atoms with van der Waals surface area (Å²) in [4.78, 5) is 29.5. The molecule has 0 bridgehead atoms. The molecule has 1 heterocycles. The first-order chi connectivity index (χ1) is 17.1. The van der Waals surface area contributed by atoms with Gasteiger partial charge in [0.05, 0.1) is 37.4 Å². The molecule has 1 aromatic heterocycles. The topological polar surface area (TPSA) is 154 Å². The highest BCUT2D eigenvalue weighted by molar-refractivity contribution is 7.32. The maximum atomic E-state index is 13.4. The van der Waals surface area contributed by atoms with Gasteiger partial charge in [-0.1, -0.05) is 12.1 Å². The van der Waals surface area contributed by atoms with Crippen LogP contribution in [0.2, 0.25) is 0 Å². The number of carbonyl (C=O) groups excluding carboxylic acids is 1. The summed E-state index contributed by atoms with van der Waals surface area (Å²) in [6.45, 7) is 0. The Morgan fingerprint density at radius 2 is 1.86 bits per heavy atom. The van der Waals surface area contributed by atoms with E-state index in [-0.39, 0.29) is 17.0 Å². The monoisotopic (exact) mass is 530 g/mol. The summed E-state index contributed by atoms with van der Waals surface area (Å²) in [5, 5.41) is 37.2. The van der Waals surface area contributed by atoms with Crippen LogP contribution in [-0.2, 0) is 5.60 Å². The number of nitriles is 1. The van der Waals surface area contributed by atoms with E-state index in [1.165, 1.54) is 54.8 Å². The minimum Gasteiger partial charge on any atom is -0.508 e. The number of phenols is 1. The average Bonchev–Trinajstić information content (AvgIpc) is 3.32. The Bertz CT molecular complexity index is 1370. The number of halogens is 1. The van der Waals surface area contributed by atoms with Gasteiger partial charge in [-0.25, -0.2) is 0 Å². The molecule has 36 heavy (non-hydrogen) atoms. The van der Waals surface area contributed by atoms with E-state index in [0.29, 0.717) is 21.6 Å². The molecule has 4 rings (SSSR count). The molecule has 2 atom stereocenters. The quantitative estimate of drug-likeness (QED) is 0.137. The molecule has 0 amide bonds. The van der Waals surface area contributed by atoms with Crippen LogP contribution in [0.15, 0.2) is 72.8 Å². The summed E-state index contributed by atoms with van der Waals surface area (Å²) >= 11 is 1.29. The lowest BCUT2D eigenvalue weighted by Crippen LogP contribution is -2.11. The molecule has 0 fully saturated rings. The van der Waals surface area contributed by atoms with Crippen molar-refractivity contribution < 1.29 is 34.0 Å². The van der Waals surface area contributed by atoms with E-state index in [0.717, 1.165) is 11.0 Å². The number of carbonyl (C=O) groups is 1. The van der Waals surface area contributed by atoms with Gasteiger partial charge in [-0.05, 0) is 53.9 Å². The van der Waals surface area contributed by atoms with E-state index in [2.05, 4.69) is 0 Å². The molecule has 3 N–H and O–H groups in total. The first-order valence-electron chi connectivity index (χ1n) is 9.93. The van der Waals surface area contributed by atoms with Crippen molar-refractivity contribution in [3.8, 4) is 17.6 Å². The molecule has 9 nitrogen and oxygen atoms in total. The number of benzene rings is 3. The molecule has 0 aliphatic carbocycles. The van der Waals surface area contributed by atoms with E-state index >= 15 is 0 Å². The largest absolute Gasteiger partial charge is 0.508 e. The fraction of sp³-hybridized carbons (Fsp3) is 0.0833. The highest BCUT2D eigenvalue weighted by atomic mass is 32.1. The second-order valence-electron chi connectivity index (χ2n) is 6.87. The van der Waals surface area contributed by atoms with Crippen molar-refractivity contribution in [2.45, 2.75) is 5.60 Å². The minimum absolute atomic E-state index is 0.00363. The predicted molar refractivity (Wildman–Crippen MR) is 135 cm³/mol. The number of hydrogen-bond donors (Lipinski definition) is 3. The third-order valence-corrected chi connectivity index (χ3v) is 6.07. The number of fused-ring (bicyclic) bond motifs is 1. The van der Waals surface area contributed by atoms with Crippen LogP contribution in [0.4, 0.5) is 10.1 Å². The highest BCUT2D eigenvalue weighted by Crippen LogP contribution is 2.39. The number of alkyl halides is 1. The summed E-state index contributed by atoms with van der Waals surface area (Å²) in [5.41, 5.74) is -2.16. The summed E-state index contributed by atoms with van der Waals surface area (Å²) in [6, 6.07) is 20.1. The average molecular weight is 530 g/mol. The van der Waals surface area contributed by atoms with Gasteiger partial charge in [-0.3, -0.25) is 14.9 Å². The van der Waals surface area contributed by atoms with Crippen LogP contribution >= 0.6 is 20.1 Å². The van der Waals surface area contributed by atoms with Crippen LogP contribution in [0.25, 0.3) is 10.1 Å². The van der Waals surface area contributed by atoms with Gasteiger partial charge in [0.25, 0.3) is 11.3 Å². The molecule has 3 aromatic carbocycles. The van der Waals surface area contributed by atoms with E-state index in [1.54, 1.807) is 36.4 Å². The smallest absolute Gasteiger partial charge is 0.272 e. The van der Waals surface area contributed by atoms with Crippen molar-refractivity contribution in [2.75, 3.05) is 7.11 Å². The Balaban J connectivity index is 0.000000200. The van der Waals surface area contributed by atoms with Gasteiger partial charge in [-0.15, -0.1) is 11.3 Å². The Kier molecular flexibility index (Phi) is 10.4. The van der Waals surface area contributed by atoms with Crippen molar-refractivity contribution in [1.29, 1.82) is 5.26 Å². The maximum Gasteiger partial charge on any atom is 0.272 e. The maximum absolute atomic E-state index is 13.4. The third-order valence-electron chi connectivity index (χ3n) is 4.44. The first kappa shape index (κ1) is 28.3. The second kappa shape index (κ2) is 13.2. The Hall–Kier alpha value is -3.94. The van der Waals surface area contributed by atoms with E-state index in [9.17, 15) is 24.4 Å². The number of nitro benzene ring substituents is 1. The van der Waals surface area contributed by atoms with E-state index in [4.69, 9.17) is 20.0 Å². The number of ether oxygens (including phenoxy) is 1. The number of methoxy groups -OCH3 is 1. The number of aldehydes is 1. The molecule has 2 unspecified atom stereocenters. The lowest BCUT2D eigenvalue weighted by molar-refractivity contribution is -0.384. The Morgan fingerprint density at radius 1 is 1.17 bits per heavy atom. The number of phenolic OH excluding ortho intramolecular Hbond substituents is 1. The zero-order valence-corrected chi connectivity index (χ0v) is 20.5. The summed E-state index contributed by atoms with van der Waals surface area (Å²) < 4.78 is 19.1. The van der Waals surface area contributed by atoms with Crippen molar-refractivity contribution >= 4 is 42.2 Å². The molecule has 0 saturated carbocycles. The zero-order chi connectivity index (χ0) is 26.7. The van der Waals surface area contributed by atoms with E-state index < -0.39 is 19.3 Å². The van der Waals surface area contributed by atoms with Crippen molar-refractivity contribution in [3.63, 3.8) is 0 Å². The number of nitro groups is 1. The Morgan fingerprint density at radius 3 is 2.36 bits per heavy atom. The van der Waals surface area contributed by atoms with Gasteiger partial charge in [-0.2, -0.15) is 9.65 Å². The number of non-ortho nitro benzene ring substituents is 1. The number of hydrogen-bond acceptors (Lipinski definition) is 9. The first-order valence-corrected chi connectivity index (χ1v) is 11.7. The lowest BCUT2D eigenvalue weighted by Gasteiger charge is -2.15. The van der Waals surface area contributed by atoms with Crippen LogP contribution in [0.3, 0.4) is 0 Å². The van der Waals surface area contributed by atoms with Crippen molar-refractivity contribution in [3.05, 3.63) is 98.9 Å². The highest BCUT2D eigenvalue weighted by Gasteiger charge is 2.28. The van der Waals surface area contributed by atoms with Crippen LogP contribution < -0.4 is 4.74 Å². The number of rotatable bonds is 5. The number of aromatic hydroxyl groups is 1. The summed E-state index contributed by atoms with van der Waals surface area (Å²) in [7, 11) is 0.278. The zero-order valence-electron chi connectivity index (χ0n) is 18.7. The normalized spacial score (nSPS) is 11.9. The fourth-order valence-corrected chi connectivity index (χ4v) is 3.82. The van der Waals surface area contributed by atoms with Gasteiger partial charge in [0.1, 0.15) is 11.5 Å². The van der Waals surface area contributed by atoms with Gasteiger partial charge < -0.3 is 19.8 Å². The summed E-state index contributed by atoms with van der Waals surface area (Å²) in [6.07, 6.45) is 0.722. The molecular weight excluding hydrogens is 510 g/mol. The molecule has 0 radical (unpaired) electrons. The molecule has 186 valence electrons. The van der Waals surface area contributed by atoms with Crippen LogP contribution in [0.1, 0.15) is 20.8 Å². The number of aliphatic hydroxyl groups is 1. The number of nitrogens with zero attached hydrogens (tertiary/aromatic N) is 2. The standard InChI is InChI=1S/C10H8FO3PS.C7H7NO3.C7H5NO/c11-10(13,15-14)7-1-2-9-6(3-7)4-8(5-12)16-9;1-11-7-4-2-6(3-5-7)8(9)10;8-5-6-2-1-3-7(9)4-6/h1-5,13-15H;2-5H,1H3;1-4,9H. The third kappa shape index (κ3) is 8.08. The number of thiophene rings is 1. The van der Waals surface area contributed by atoms with Gasteiger partial charge in [0.15, 0.2) is 6.29 Å². The van der Waals surface area contributed by atoms with Crippen LogP contribution in [0, 0.1) is 21.4 Å². The summed E-state index contributed by atoms with van der Waals surface area (Å²) in [5.74, 6) is 0.754. The molecule has 12 heteroatoms. The molecule has 0 spiro atoms. The lowest BCUT2D eigenvalue weighted by atomic mass is 10.1. The Labute approximate surface area is 210 Å². The molecular formula is C24H20FN2O7PS. The van der Waals surface area contributed by atoms with Crippen LogP contribution in [0.5, 0.6) is 11.5 Å². The fourth-order valence-electron chi connectivity index (χ4n) is 2.67. The van der Waals surface area contributed by atoms with Gasteiger partial charge >= 0.3 is 0 Å². The second-order valence-corrected chi connectivity index (χ2v) is 8.87. The SMILES string of the molecule is COc1ccc([N+](=O)[O-])cc1.N#Cc1cccc(O)c1.O=Cc1cc2cc(C(O)(F)PO)ccc2s1.